The number of aliphatic hydroxyl groups is 1. The number of phenols is 1. The molecule has 6 heteroatoms. The van der Waals surface area contributed by atoms with Crippen molar-refractivity contribution in [2.45, 2.75) is 37.9 Å². The molecular formula is C21H26O6. The monoisotopic (exact) mass is 374 g/mol. The Balaban J connectivity index is 1.85. The van der Waals surface area contributed by atoms with E-state index in [0.29, 0.717) is 24.2 Å². The number of carbonyl (C=O) groups is 2. The number of hydrogen-bond acceptors (Lipinski definition) is 6. The minimum atomic E-state index is -0.458. The quantitative estimate of drug-likeness (QED) is 0.537. The van der Waals surface area contributed by atoms with Crippen LogP contribution in [0.25, 0.3) is 6.08 Å². The SMILES string of the molecule is COc1cc(/C=C/C(=O)CC(=O)/C=C/C2CCC(O)C(OC)C2)ccc1O. The summed E-state index contributed by atoms with van der Waals surface area (Å²) in [5.74, 6) is -0.0567. The first-order chi connectivity index (χ1) is 12.9. The van der Waals surface area contributed by atoms with Crippen molar-refractivity contribution in [2.75, 3.05) is 14.2 Å². The molecule has 27 heavy (non-hydrogen) atoms. The molecule has 0 heterocycles. The van der Waals surface area contributed by atoms with Crippen LogP contribution in [0.3, 0.4) is 0 Å². The maximum Gasteiger partial charge on any atom is 0.163 e. The third-order valence-corrected chi connectivity index (χ3v) is 4.67. The zero-order chi connectivity index (χ0) is 19.8. The second-order valence-electron chi connectivity index (χ2n) is 6.65. The van der Waals surface area contributed by atoms with Gasteiger partial charge in [-0.1, -0.05) is 18.2 Å². The number of hydrogen-bond donors (Lipinski definition) is 2. The molecule has 0 radical (unpaired) electrons. The predicted octanol–water partition coefficient (Wildman–Crippen LogP) is 2.67. The first kappa shape index (κ1) is 20.9. The van der Waals surface area contributed by atoms with E-state index in [1.165, 1.54) is 25.3 Å². The maximum absolute atomic E-state index is 12.0. The van der Waals surface area contributed by atoms with Crippen LogP contribution in [0.1, 0.15) is 31.2 Å². The van der Waals surface area contributed by atoms with Gasteiger partial charge in [0.05, 0.1) is 25.7 Å². The lowest BCUT2D eigenvalue weighted by Gasteiger charge is -2.30. The topological polar surface area (TPSA) is 93.1 Å². The number of aromatic hydroxyl groups is 1. The van der Waals surface area contributed by atoms with Gasteiger partial charge in [0, 0.05) is 7.11 Å². The minimum Gasteiger partial charge on any atom is -0.504 e. The Morgan fingerprint density at radius 2 is 1.93 bits per heavy atom. The van der Waals surface area contributed by atoms with Gasteiger partial charge in [0.1, 0.15) is 0 Å². The Morgan fingerprint density at radius 3 is 2.63 bits per heavy atom. The summed E-state index contributed by atoms with van der Waals surface area (Å²) in [6, 6.07) is 4.73. The molecule has 3 unspecified atom stereocenters. The predicted molar refractivity (Wildman–Crippen MR) is 102 cm³/mol. The Morgan fingerprint density at radius 1 is 1.19 bits per heavy atom. The smallest absolute Gasteiger partial charge is 0.163 e. The van der Waals surface area contributed by atoms with Gasteiger partial charge in [-0.25, -0.2) is 0 Å². The van der Waals surface area contributed by atoms with Gasteiger partial charge in [-0.3, -0.25) is 9.59 Å². The lowest BCUT2D eigenvalue weighted by Crippen LogP contribution is -2.34. The lowest BCUT2D eigenvalue weighted by molar-refractivity contribution is -0.121. The molecule has 1 saturated carbocycles. The Kier molecular flexibility index (Phi) is 7.76. The number of allylic oxidation sites excluding steroid dienone is 3. The zero-order valence-corrected chi connectivity index (χ0v) is 15.6. The first-order valence-corrected chi connectivity index (χ1v) is 8.92. The number of ether oxygens (including phenoxy) is 2. The molecule has 6 nitrogen and oxygen atoms in total. The average molecular weight is 374 g/mol. The number of aliphatic hydroxyl groups excluding tert-OH is 1. The summed E-state index contributed by atoms with van der Waals surface area (Å²) >= 11 is 0. The molecule has 1 aliphatic carbocycles. The molecule has 0 bridgehead atoms. The van der Waals surface area contributed by atoms with E-state index in [0.717, 1.165) is 6.42 Å². The molecule has 3 atom stereocenters. The van der Waals surface area contributed by atoms with Gasteiger partial charge < -0.3 is 19.7 Å². The molecule has 2 N–H and O–H groups in total. The van der Waals surface area contributed by atoms with Crippen molar-refractivity contribution in [3.05, 3.63) is 42.0 Å². The summed E-state index contributed by atoms with van der Waals surface area (Å²) in [7, 11) is 3.01. The standard InChI is InChI=1S/C21H26O6/c1-26-20-11-14(5-9-18(20)24)3-7-16(22)13-17(23)8-4-15-6-10-19(25)21(12-15)27-2/h3-5,7-9,11,15,19,21,24-25H,6,10,12-13H2,1-2H3/b7-3+,8-4+. The number of phenolic OH excluding ortho intramolecular Hbond substituents is 1. The van der Waals surface area contributed by atoms with Crippen molar-refractivity contribution in [1.29, 1.82) is 0 Å². The van der Waals surface area contributed by atoms with E-state index >= 15 is 0 Å². The molecule has 146 valence electrons. The van der Waals surface area contributed by atoms with E-state index in [4.69, 9.17) is 9.47 Å². The Hall–Kier alpha value is -2.44. The fourth-order valence-corrected chi connectivity index (χ4v) is 3.09. The van der Waals surface area contributed by atoms with E-state index in [1.807, 2.05) is 6.08 Å². The molecule has 0 saturated heterocycles. The molecule has 0 amide bonds. The van der Waals surface area contributed by atoms with Crippen LogP contribution in [0.5, 0.6) is 11.5 Å². The van der Waals surface area contributed by atoms with E-state index in [1.54, 1.807) is 25.3 Å². The van der Waals surface area contributed by atoms with Crippen LogP contribution < -0.4 is 4.74 Å². The summed E-state index contributed by atoms with van der Waals surface area (Å²) < 4.78 is 10.3. The highest BCUT2D eigenvalue weighted by Crippen LogP contribution is 2.28. The van der Waals surface area contributed by atoms with Crippen molar-refractivity contribution < 1.29 is 29.3 Å². The Bertz CT molecular complexity index is 721. The van der Waals surface area contributed by atoms with Crippen LogP contribution in [-0.2, 0) is 14.3 Å². The molecule has 1 aliphatic rings. The maximum atomic E-state index is 12.0. The van der Waals surface area contributed by atoms with Gasteiger partial charge >= 0.3 is 0 Å². The van der Waals surface area contributed by atoms with Crippen LogP contribution in [0, 0.1) is 5.92 Å². The third kappa shape index (κ3) is 6.34. The summed E-state index contributed by atoms with van der Waals surface area (Å²) in [4.78, 5) is 24.0. The molecule has 1 aromatic carbocycles. The highest BCUT2D eigenvalue weighted by molar-refractivity contribution is 6.09. The van der Waals surface area contributed by atoms with Crippen LogP contribution in [0.4, 0.5) is 0 Å². The number of carbonyl (C=O) groups excluding carboxylic acids is 2. The van der Waals surface area contributed by atoms with Gasteiger partial charge in [0.25, 0.3) is 0 Å². The van der Waals surface area contributed by atoms with Crippen LogP contribution in [0.2, 0.25) is 0 Å². The van der Waals surface area contributed by atoms with E-state index < -0.39 is 6.10 Å². The lowest BCUT2D eigenvalue weighted by atomic mass is 9.85. The highest BCUT2D eigenvalue weighted by Gasteiger charge is 2.27. The van der Waals surface area contributed by atoms with Gasteiger partial charge in [0.15, 0.2) is 23.1 Å². The Labute approximate surface area is 159 Å². The van der Waals surface area contributed by atoms with Gasteiger partial charge in [-0.05, 0) is 55.0 Å². The van der Waals surface area contributed by atoms with Crippen molar-refractivity contribution in [3.8, 4) is 11.5 Å². The number of benzene rings is 1. The van der Waals surface area contributed by atoms with E-state index in [2.05, 4.69) is 0 Å². The number of ketones is 2. The van der Waals surface area contributed by atoms with Crippen molar-refractivity contribution in [2.24, 2.45) is 5.92 Å². The van der Waals surface area contributed by atoms with Gasteiger partial charge in [-0.15, -0.1) is 0 Å². The molecule has 2 rings (SSSR count). The third-order valence-electron chi connectivity index (χ3n) is 4.67. The average Bonchev–Trinajstić information content (AvgIpc) is 2.66. The minimum absolute atomic E-state index is 0.0206. The van der Waals surface area contributed by atoms with Gasteiger partial charge in [0.2, 0.25) is 0 Å². The second-order valence-corrected chi connectivity index (χ2v) is 6.65. The van der Waals surface area contributed by atoms with Crippen LogP contribution in [-0.4, -0.2) is 48.2 Å². The van der Waals surface area contributed by atoms with Crippen LogP contribution >= 0.6 is 0 Å². The summed E-state index contributed by atoms with van der Waals surface area (Å²) in [6.45, 7) is 0. The molecular weight excluding hydrogens is 348 g/mol. The first-order valence-electron chi connectivity index (χ1n) is 8.92. The fraction of sp³-hybridized carbons (Fsp3) is 0.429. The second kappa shape index (κ2) is 10.0. The van der Waals surface area contributed by atoms with Crippen molar-refractivity contribution >= 4 is 17.6 Å². The number of rotatable bonds is 8. The fourth-order valence-electron chi connectivity index (χ4n) is 3.09. The zero-order valence-electron chi connectivity index (χ0n) is 15.6. The molecule has 0 aliphatic heterocycles. The van der Waals surface area contributed by atoms with Gasteiger partial charge in [-0.2, -0.15) is 0 Å². The molecule has 1 fully saturated rings. The van der Waals surface area contributed by atoms with E-state index in [-0.39, 0.29) is 35.8 Å². The van der Waals surface area contributed by atoms with Crippen molar-refractivity contribution in [3.63, 3.8) is 0 Å². The summed E-state index contributed by atoms with van der Waals surface area (Å²) in [6.07, 6.45) is 7.40. The van der Waals surface area contributed by atoms with Crippen molar-refractivity contribution in [1.82, 2.24) is 0 Å². The summed E-state index contributed by atoms with van der Waals surface area (Å²) in [5.41, 5.74) is 0.687. The number of methoxy groups -OCH3 is 2. The molecule has 1 aromatic rings. The highest BCUT2D eigenvalue weighted by atomic mass is 16.5. The normalized spacial score (nSPS) is 23.0. The van der Waals surface area contributed by atoms with Crippen LogP contribution in [0.15, 0.2) is 36.4 Å². The largest absolute Gasteiger partial charge is 0.504 e. The molecule has 0 spiro atoms. The summed E-state index contributed by atoms with van der Waals surface area (Å²) in [5, 5.41) is 19.3. The van der Waals surface area contributed by atoms with E-state index in [9.17, 15) is 19.8 Å². The molecule has 0 aromatic heterocycles.